The number of rotatable bonds is 3. The lowest BCUT2D eigenvalue weighted by Crippen LogP contribution is -2.52. The van der Waals surface area contributed by atoms with Crippen LogP contribution in [-0.4, -0.2) is 46.4 Å². The van der Waals surface area contributed by atoms with E-state index in [0.717, 1.165) is 6.54 Å². The zero-order chi connectivity index (χ0) is 14.0. The van der Waals surface area contributed by atoms with Crippen LogP contribution in [0.15, 0.2) is 0 Å². The summed E-state index contributed by atoms with van der Waals surface area (Å²) in [4.78, 5) is 14.4. The maximum Gasteiger partial charge on any atom is 0.322 e. The summed E-state index contributed by atoms with van der Waals surface area (Å²) in [6.07, 6.45) is 0.106. The molecule has 1 aromatic rings. The molecule has 0 aromatic carbocycles. The van der Waals surface area contributed by atoms with E-state index in [2.05, 4.69) is 15.0 Å². The molecule has 0 N–H and O–H groups in total. The third-order valence-corrected chi connectivity index (χ3v) is 2.87. The van der Waals surface area contributed by atoms with Crippen molar-refractivity contribution in [3.05, 3.63) is 5.28 Å². The smallest absolute Gasteiger partial charge is 0.322 e. The fraction of sp³-hybridized carbons (Fsp3) is 0.750. The molecule has 0 saturated carbocycles. The van der Waals surface area contributed by atoms with Gasteiger partial charge in [0.05, 0.1) is 18.3 Å². The molecule has 0 aliphatic carbocycles. The number of hydrogen-bond acceptors (Lipinski definition) is 6. The first-order chi connectivity index (χ1) is 8.89. The summed E-state index contributed by atoms with van der Waals surface area (Å²) < 4.78 is 11.1. The second-order valence-electron chi connectivity index (χ2n) is 5.19. The maximum atomic E-state index is 5.91. The van der Waals surface area contributed by atoms with Gasteiger partial charge in [-0.1, -0.05) is 0 Å². The van der Waals surface area contributed by atoms with Crippen molar-refractivity contribution < 1.29 is 9.47 Å². The molecule has 2 heterocycles. The molecule has 1 aromatic heterocycles. The molecule has 1 saturated heterocycles. The van der Waals surface area contributed by atoms with E-state index >= 15 is 0 Å². The Morgan fingerprint density at radius 1 is 1.42 bits per heavy atom. The zero-order valence-corrected chi connectivity index (χ0v) is 12.4. The molecule has 2 rings (SSSR count). The second-order valence-corrected chi connectivity index (χ2v) is 5.53. The van der Waals surface area contributed by atoms with E-state index in [1.54, 1.807) is 0 Å². The molecule has 7 heteroatoms. The molecule has 1 unspecified atom stereocenters. The van der Waals surface area contributed by atoms with E-state index in [0.29, 0.717) is 19.1 Å². The number of hydrogen-bond donors (Lipinski definition) is 0. The topological polar surface area (TPSA) is 60.4 Å². The van der Waals surface area contributed by atoms with Crippen molar-refractivity contribution in [2.24, 2.45) is 0 Å². The fourth-order valence-electron chi connectivity index (χ4n) is 2.26. The molecule has 1 aliphatic heterocycles. The third-order valence-electron chi connectivity index (χ3n) is 2.70. The Hall–Kier alpha value is -1.14. The highest BCUT2D eigenvalue weighted by atomic mass is 35.5. The monoisotopic (exact) mass is 286 g/mol. The van der Waals surface area contributed by atoms with Crippen LogP contribution in [0.4, 0.5) is 5.95 Å². The van der Waals surface area contributed by atoms with Crippen LogP contribution in [0.2, 0.25) is 5.28 Å². The van der Waals surface area contributed by atoms with Gasteiger partial charge in [-0.3, -0.25) is 0 Å². The van der Waals surface area contributed by atoms with Gasteiger partial charge in [0.1, 0.15) is 0 Å². The second kappa shape index (κ2) is 5.46. The van der Waals surface area contributed by atoms with Gasteiger partial charge in [-0.25, -0.2) is 0 Å². The van der Waals surface area contributed by atoms with E-state index in [1.807, 2.05) is 32.6 Å². The first kappa shape index (κ1) is 14.3. The molecule has 0 amide bonds. The quantitative estimate of drug-likeness (QED) is 0.846. The highest BCUT2D eigenvalue weighted by molar-refractivity contribution is 6.28. The van der Waals surface area contributed by atoms with Crippen molar-refractivity contribution in [3.63, 3.8) is 0 Å². The van der Waals surface area contributed by atoms with Crippen molar-refractivity contribution in [1.29, 1.82) is 0 Å². The van der Waals surface area contributed by atoms with E-state index in [1.165, 1.54) is 0 Å². The Labute approximate surface area is 118 Å². The summed E-state index contributed by atoms with van der Waals surface area (Å²) in [5.74, 6) is 0.534. The summed E-state index contributed by atoms with van der Waals surface area (Å²) in [5.41, 5.74) is -0.247. The Kier molecular flexibility index (Phi) is 4.10. The van der Waals surface area contributed by atoms with Crippen LogP contribution < -0.4 is 9.64 Å². The Bertz CT molecular complexity index is 455. The number of aromatic nitrogens is 3. The predicted molar refractivity (Wildman–Crippen MR) is 72.8 cm³/mol. The summed E-state index contributed by atoms with van der Waals surface area (Å²) >= 11 is 5.91. The predicted octanol–water partition coefficient (Wildman–Crippen LogP) is 1.93. The molecular weight excluding hydrogens is 268 g/mol. The Balaban J connectivity index is 2.25. The zero-order valence-electron chi connectivity index (χ0n) is 11.7. The molecule has 1 fully saturated rings. The van der Waals surface area contributed by atoms with Crippen LogP contribution in [0, 0.1) is 0 Å². The normalized spacial score (nSPS) is 22.4. The Morgan fingerprint density at radius 3 is 2.79 bits per heavy atom. The number of halogens is 1. The van der Waals surface area contributed by atoms with Gasteiger partial charge in [0, 0.05) is 13.1 Å². The van der Waals surface area contributed by atoms with Gasteiger partial charge in [0.15, 0.2) is 0 Å². The highest BCUT2D eigenvalue weighted by Crippen LogP contribution is 2.25. The number of morpholine rings is 1. The van der Waals surface area contributed by atoms with Crippen LogP contribution in [0.3, 0.4) is 0 Å². The van der Waals surface area contributed by atoms with Crippen LogP contribution in [0.5, 0.6) is 6.01 Å². The number of ether oxygens (including phenoxy) is 2. The molecule has 6 nitrogen and oxygen atoms in total. The van der Waals surface area contributed by atoms with Crippen LogP contribution >= 0.6 is 11.6 Å². The van der Waals surface area contributed by atoms with Gasteiger partial charge >= 0.3 is 6.01 Å². The molecule has 1 aliphatic rings. The average Bonchev–Trinajstić information content (AvgIpc) is 2.25. The Morgan fingerprint density at radius 2 is 2.16 bits per heavy atom. The molecule has 0 bridgehead atoms. The first-order valence-electron chi connectivity index (χ1n) is 6.37. The van der Waals surface area contributed by atoms with Crippen molar-refractivity contribution in [1.82, 2.24) is 15.0 Å². The number of nitrogens with zero attached hydrogens (tertiary/aromatic N) is 4. The summed E-state index contributed by atoms with van der Waals surface area (Å²) in [6.45, 7) is 9.89. The van der Waals surface area contributed by atoms with Crippen molar-refractivity contribution in [2.75, 3.05) is 24.6 Å². The SMILES string of the molecule is CCOc1nc(Cl)nc(N2CC(C)OC(C)(C)C2)n1. The van der Waals surface area contributed by atoms with Gasteiger partial charge < -0.3 is 14.4 Å². The van der Waals surface area contributed by atoms with E-state index < -0.39 is 0 Å². The largest absolute Gasteiger partial charge is 0.464 e. The lowest BCUT2D eigenvalue weighted by Gasteiger charge is -2.41. The average molecular weight is 287 g/mol. The standard InChI is InChI=1S/C12H19ClN4O2/c1-5-18-11-15-9(13)14-10(16-11)17-6-8(2)19-12(3,4)7-17/h8H,5-7H2,1-4H3. The highest BCUT2D eigenvalue weighted by Gasteiger charge is 2.33. The third kappa shape index (κ3) is 3.67. The van der Waals surface area contributed by atoms with Crippen LogP contribution in [0.25, 0.3) is 0 Å². The van der Waals surface area contributed by atoms with Gasteiger partial charge in [0.2, 0.25) is 11.2 Å². The molecule has 0 radical (unpaired) electrons. The summed E-state index contributed by atoms with van der Waals surface area (Å²) in [5, 5.41) is 0.144. The lowest BCUT2D eigenvalue weighted by molar-refractivity contribution is -0.0754. The molecule has 106 valence electrons. The fourth-order valence-corrected chi connectivity index (χ4v) is 2.41. The summed E-state index contributed by atoms with van der Waals surface area (Å²) in [6, 6.07) is 0.259. The summed E-state index contributed by atoms with van der Waals surface area (Å²) in [7, 11) is 0. The van der Waals surface area contributed by atoms with Gasteiger partial charge in [-0.15, -0.1) is 0 Å². The minimum Gasteiger partial charge on any atom is -0.464 e. The van der Waals surface area contributed by atoms with Gasteiger partial charge in [-0.2, -0.15) is 15.0 Å². The minimum absolute atomic E-state index is 0.106. The minimum atomic E-state index is -0.247. The van der Waals surface area contributed by atoms with Crippen LogP contribution in [-0.2, 0) is 4.74 Å². The van der Waals surface area contributed by atoms with Crippen molar-refractivity contribution in [3.8, 4) is 6.01 Å². The lowest BCUT2D eigenvalue weighted by atomic mass is 10.1. The van der Waals surface area contributed by atoms with Gasteiger partial charge in [-0.05, 0) is 39.3 Å². The van der Waals surface area contributed by atoms with E-state index in [4.69, 9.17) is 21.1 Å². The molecular formula is C12H19ClN4O2. The van der Waals surface area contributed by atoms with E-state index in [-0.39, 0.29) is 23.0 Å². The van der Waals surface area contributed by atoms with Crippen molar-refractivity contribution in [2.45, 2.75) is 39.4 Å². The van der Waals surface area contributed by atoms with Crippen molar-refractivity contribution >= 4 is 17.5 Å². The van der Waals surface area contributed by atoms with E-state index in [9.17, 15) is 0 Å². The molecule has 1 atom stereocenters. The first-order valence-corrected chi connectivity index (χ1v) is 6.74. The molecule has 19 heavy (non-hydrogen) atoms. The number of anilines is 1. The van der Waals surface area contributed by atoms with Crippen LogP contribution in [0.1, 0.15) is 27.7 Å². The molecule has 0 spiro atoms. The maximum absolute atomic E-state index is 5.91. The van der Waals surface area contributed by atoms with Gasteiger partial charge in [0.25, 0.3) is 0 Å².